The van der Waals surface area contributed by atoms with Gasteiger partial charge in [0.2, 0.25) is 5.91 Å². The first-order valence-electron chi connectivity index (χ1n) is 9.82. The van der Waals surface area contributed by atoms with Crippen LogP contribution in [-0.4, -0.2) is 25.2 Å². The summed E-state index contributed by atoms with van der Waals surface area (Å²) in [4.78, 5) is 29.5. The molecule has 0 radical (unpaired) electrons. The van der Waals surface area contributed by atoms with Crippen molar-refractivity contribution >= 4 is 22.6 Å². The molecule has 0 unspecified atom stereocenters. The van der Waals surface area contributed by atoms with Crippen LogP contribution in [0.3, 0.4) is 0 Å². The zero-order valence-electron chi connectivity index (χ0n) is 17.5. The molecule has 2 heterocycles. The number of aromatic nitrogens is 4. The second kappa shape index (κ2) is 7.79. The number of carbonyl (C=O) groups excluding carboxylic acids is 1. The lowest BCUT2D eigenvalue weighted by atomic mass is 9.87. The minimum atomic E-state index is -0.378. The highest BCUT2D eigenvalue weighted by molar-refractivity contribution is 5.90. The van der Waals surface area contributed by atoms with Crippen LogP contribution >= 0.6 is 0 Å². The number of carbonyl (C=O) groups is 1. The summed E-state index contributed by atoms with van der Waals surface area (Å²) in [7, 11) is 0. The third-order valence-electron chi connectivity index (χ3n) is 4.97. The number of benzene rings is 2. The van der Waals surface area contributed by atoms with E-state index in [0.29, 0.717) is 17.0 Å². The molecule has 0 fully saturated rings. The molecule has 8 heteroatoms. The highest BCUT2D eigenvalue weighted by atomic mass is 19.1. The Morgan fingerprint density at radius 3 is 2.39 bits per heavy atom. The van der Waals surface area contributed by atoms with Crippen LogP contribution in [0, 0.1) is 5.82 Å². The van der Waals surface area contributed by atoms with Crippen LogP contribution < -0.4 is 10.9 Å². The minimum Gasteiger partial charge on any atom is -0.325 e. The Morgan fingerprint density at radius 2 is 1.74 bits per heavy atom. The largest absolute Gasteiger partial charge is 0.325 e. The summed E-state index contributed by atoms with van der Waals surface area (Å²) in [5, 5.41) is 7.26. The second-order valence-corrected chi connectivity index (χ2v) is 8.32. The van der Waals surface area contributed by atoms with Crippen molar-refractivity contribution < 1.29 is 9.18 Å². The van der Waals surface area contributed by atoms with E-state index >= 15 is 0 Å². The maximum Gasteiger partial charge on any atom is 0.264 e. The molecule has 0 aliphatic heterocycles. The molecule has 2 aromatic carbocycles. The number of hydrogen-bond donors (Lipinski definition) is 1. The molecule has 0 aliphatic rings. The van der Waals surface area contributed by atoms with E-state index in [1.54, 1.807) is 12.1 Å². The van der Waals surface area contributed by atoms with Gasteiger partial charge in [-0.2, -0.15) is 5.10 Å². The highest BCUT2D eigenvalue weighted by Gasteiger charge is 2.15. The van der Waals surface area contributed by atoms with E-state index in [2.05, 4.69) is 36.2 Å². The molecular weight excluding hydrogens is 397 g/mol. The van der Waals surface area contributed by atoms with Crippen molar-refractivity contribution in [3.05, 3.63) is 82.8 Å². The number of rotatable bonds is 4. The number of hydrogen-bond acceptors (Lipinski definition) is 4. The monoisotopic (exact) mass is 419 g/mol. The average Bonchev–Trinajstić information content (AvgIpc) is 3.15. The fourth-order valence-corrected chi connectivity index (χ4v) is 3.24. The first-order valence-corrected chi connectivity index (χ1v) is 9.82. The van der Waals surface area contributed by atoms with E-state index in [0.717, 1.165) is 5.56 Å². The number of nitrogens with one attached hydrogen (secondary N) is 1. The summed E-state index contributed by atoms with van der Waals surface area (Å²) in [5.74, 6) is -0.702. The van der Waals surface area contributed by atoms with E-state index in [1.807, 2.05) is 24.3 Å². The Kier molecular flexibility index (Phi) is 5.14. The zero-order valence-corrected chi connectivity index (χ0v) is 17.5. The van der Waals surface area contributed by atoms with E-state index in [-0.39, 0.29) is 34.6 Å². The van der Waals surface area contributed by atoms with Gasteiger partial charge in [-0.05, 0) is 47.4 Å². The van der Waals surface area contributed by atoms with Crippen LogP contribution in [0.25, 0.3) is 16.7 Å². The van der Waals surface area contributed by atoms with Gasteiger partial charge in [-0.1, -0.05) is 32.9 Å². The SMILES string of the molecule is CC(C)(C)c1ccc(NC(=O)Cn2cnc3c(cnn3-c3ccc(F)cc3)c2=O)cc1. The van der Waals surface area contributed by atoms with E-state index in [1.165, 1.54) is 33.9 Å². The first-order chi connectivity index (χ1) is 14.7. The second-order valence-electron chi connectivity index (χ2n) is 8.32. The number of anilines is 1. The number of nitrogens with zero attached hydrogens (tertiary/aromatic N) is 4. The van der Waals surface area contributed by atoms with Gasteiger partial charge in [-0.3, -0.25) is 14.2 Å². The summed E-state index contributed by atoms with van der Waals surface area (Å²) >= 11 is 0. The molecule has 0 atom stereocenters. The summed E-state index contributed by atoms with van der Waals surface area (Å²) in [6.45, 7) is 6.18. The summed E-state index contributed by atoms with van der Waals surface area (Å²) < 4.78 is 15.9. The number of halogens is 1. The Bertz CT molecular complexity index is 1300. The molecule has 2 aromatic heterocycles. The quantitative estimate of drug-likeness (QED) is 0.547. The Balaban J connectivity index is 1.53. The van der Waals surface area contributed by atoms with E-state index < -0.39 is 0 Å². The molecule has 7 nitrogen and oxygen atoms in total. The molecule has 4 rings (SSSR count). The molecule has 0 saturated carbocycles. The van der Waals surface area contributed by atoms with E-state index in [9.17, 15) is 14.0 Å². The van der Waals surface area contributed by atoms with Crippen molar-refractivity contribution in [3.63, 3.8) is 0 Å². The van der Waals surface area contributed by atoms with Crippen LogP contribution in [0.1, 0.15) is 26.3 Å². The summed E-state index contributed by atoms with van der Waals surface area (Å²) in [6, 6.07) is 13.3. The lowest BCUT2D eigenvalue weighted by molar-refractivity contribution is -0.116. The molecule has 1 N–H and O–H groups in total. The molecular formula is C23H22FN5O2. The van der Waals surface area contributed by atoms with Gasteiger partial charge in [-0.25, -0.2) is 14.1 Å². The Hall–Kier alpha value is -3.81. The average molecular weight is 419 g/mol. The lowest BCUT2D eigenvalue weighted by Crippen LogP contribution is -2.27. The van der Waals surface area contributed by atoms with Crippen molar-refractivity contribution in [2.45, 2.75) is 32.7 Å². The van der Waals surface area contributed by atoms with Crippen LogP contribution in [0.4, 0.5) is 10.1 Å². The van der Waals surface area contributed by atoms with Gasteiger partial charge < -0.3 is 5.32 Å². The normalized spacial score (nSPS) is 11.6. The molecule has 158 valence electrons. The number of fused-ring (bicyclic) bond motifs is 1. The maximum atomic E-state index is 13.2. The van der Waals surface area contributed by atoms with Gasteiger partial charge in [0.15, 0.2) is 5.65 Å². The van der Waals surface area contributed by atoms with Gasteiger partial charge >= 0.3 is 0 Å². The predicted molar refractivity (Wildman–Crippen MR) is 117 cm³/mol. The predicted octanol–water partition coefficient (Wildman–Crippen LogP) is 3.66. The third kappa shape index (κ3) is 4.23. The third-order valence-corrected chi connectivity index (χ3v) is 4.97. The molecule has 0 spiro atoms. The maximum absolute atomic E-state index is 13.2. The lowest BCUT2D eigenvalue weighted by Gasteiger charge is -2.19. The van der Waals surface area contributed by atoms with Gasteiger partial charge in [0.1, 0.15) is 24.1 Å². The molecule has 1 amide bonds. The Labute approximate surface area is 178 Å². The topological polar surface area (TPSA) is 81.8 Å². The van der Waals surface area contributed by atoms with Crippen molar-refractivity contribution in [1.29, 1.82) is 0 Å². The van der Waals surface area contributed by atoms with Crippen LogP contribution in [-0.2, 0) is 16.8 Å². The van der Waals surface area contributed by atoms with Gasteiger partial charge in [0.05, 0.1) is 11.9 Å². The van der Waals surface area contributed by atoms with Crippen molar-refractivity contribution in [3.8, 4) is 5.69 Å². The fraction of sp³-hybridized carbons (Fsp3) is 0.217. The van der Waals surface area contributed by atoms with Crippen LogP contribution in [0.2, 0.25) is 0 Å². The smallest absolute Gasteiger partial charge is 0.264 e. The van der Waals surface area contributed by atoms with Gasteiger partial charge in [0.25, 0.3) is 5.56 Å². The van der Waals surface area contributed by atoms with Gasteiger partial charge in [0, 0.05) is 5.69 Å². The fourth-order valence-electron chi connectivity index (χ4n) is 3.24. The highest BCUT2D eigenvalue weighted by Crippen LogP contribution is 2.23. The van der Waals surface area contributed by atoms with Crippen LogP contribution in [0.15, 0.2) is 65.8 Å². The molecule has 31 heavy (non-hydrogen) atoms. The van der Waals surface area contributed by atoms with Crippen molar-refractivity contribution in [1.82, 2.24) is 19.3 Å². The molecule has 0 bridgehead atoms. The van der Waals surface area contributed by atoms with Gasteiger partial charge in [-0.15, -0.1) is 0 Å². The molecule has 4 aromatic rings. The van der Waals surface area contributed by atoms with Crippen LogP contribution in [0.5, 0.6) is 0 Å². The van der Waals surface area contributed by atoms with E-state index in [4.69, 9.17) is 0 Å². The molecule has 0 saturated heterocycles. The van der Waals surface area contributed by atoms with Crippen molar-refractivity contribution in [2.24, 2.45) is 0 Å². The first kappa shape index (κ1) is 20.5. The standard InChI is InChI=1S/C23H22FN5O2/c1-23(2,3)15-4-8-17(9-5-15)27-20(30)13-28-14-25-21-19(22(28)31)12-26-29(21)18-10-6-16(24)7-11-18/h4-12,14H,13H2,1-3H3,(H,27,30). The summed E-state index contributed by atoms with van der Waals surface area (Å²) in [6.07, 6.45) is 2.71. The molecule has 0 aliphatic carbocycles. The number of amides is 1. The summed E-state index contributed by atoms with van der Waals surface area (Å²) in [5.41, 5.74) is 2.38. The minimum absolute atomic E-state index is 0.0231. The Morgan fingerprint density at radius 1 is 1.06 bits per heavy atom. The zero-order chi connectivity index (χ0) is 22.2. The van der Waals surface area contributed by atoms with Crippen molar-refractivity contribution in [2.75, 3.05) is 5.32 Å².